The lowest BCUT2D eigenvalue weighted by Gasteiger charge is -2.13. The Morgan fingerprint density at radius 3 is 2.26 bits per heavy atom. The predicted octanol–water partition coefficient (Wildman–Crippen LogP) is 2.57. The molecule has 23 heavy (non-hydrogen) atoms. The number of nitrogens with zero attached hydrogens (tertiary/aromatic N) is 2. The van der Waals surface area contributed by atoms with Crippen molar-refractivity contribution in [1.82, 2.24) is 9.97 Å². The summed E-state index contributed by atoms with van der Waals surface area (Å²) in [4.78, 5) is 7.68. The fraction of sp³-hybridized carbons (Fsp3) is 0.286. The lowest BCUT2D eigenvalue weighted by molar-refractivity contribution is 0.311. The predicted molar refractivity (Wildman–Crippen MR) is 79.8 cm³/mol. The first-order valence-electron chi connectivity index (χ1n) is 6.70. The molecule has 1 aromatic heterocycles. The molecule has 0 aliphatic carbocycles. The molecule has 1 N–H and O–H groups in total. The molecule has 0 bridgehead atoms. The van der Waals surface area contributed by atoms with E-state index in [9.17, 15) is 17.2 Å². The number of hydrogen-bond donors (Lipinski definition) is 1. The highest BCUT2D eigenvalue weighted by molar-refractivity contribution is 7.92. The number of nitrogens with one attached hydrogen (secondary N) is 1. The van der Waals surface area contributed by atoms with E-state index in [4.69, 9.17) is 4.74 Å². The first-order chi connectivity index (χ1) is 10.7. The van der Waals surface area contributed by atoms with Crippen LogP contribution in [0.3, 0.4) is 0 Å². The van der Waals surface area contributed by atoms with Crippen LogP contribution in [-0.2, 0) is 10.0 Å². The van der Waals surface area contributed by atoms with E-state index in [-0.39, 0.29) is 11.7 Å². The molecule has 0 aliphatic rings. The normalized spacial score (nSPS) is 11.3. The van der Waals surface area contributed by atoms with Crippen LogP contribution in [-0.4, -0.2) is 25.0 Å². The molecule has 2 rings (SSSR count). The van der Waals surface area contributed by atoms with Crippen molar-refractivity contribution in [2.45, 2.75) is 25.7 Å². The van der Waals surface area contributed by atoms with Gasteiger partial charge in [-0.2, -0.15) is 9.97 Å². The van der Waals surface area contributed by atoms with E-state index in [0.717, 1.165) is 12.1 Å². The zero-order chi connectivity index (χ0) is 17.2. The van der Waals surface area contributed by atoms with Crippen molar-refractivity contribution >= 4 is 15.7 Å². The number of hydrogen-bond acceptors (Lipinski definition) is 5. The number of anilines is 1. The van der Waals surface area contributed by atoms with Crippen molar-refractivity contribution in [3.8, 4) is 6.01 Å². The van der Waals surface area contributed by atoms with E-state index in [1.807, 2.05) is 0 Å². The molecule has 0 fully saturated rings. The van der Waals surface area contributed by atoms with Gasteiger partial charge in [-0.3, -0.25) is 4.72 Å². The zero-order valence-corrected chi connectivity index (χ0v) is 13.5. The summed E-state index contributed by atoms with van der Waals surface area (Å²) in [5.41, 5.74) is 0.873. The van der Waals surface area contributed by atoms with Crippen molar-refractivity contribution in [3.63, 3.8) is 0 Å². The van der Waals surface area contributed by atoms with Gasteiger partial charge in [0.15, 0.2) is 11.6 Å². The van der Waals surface area contributed by atoms with E-state index >= 15 is 0 Å². The van der Waals surface area contributed by atoms with Crippen molar-refractivity contribution < 1.29 is 21.9 Å². The molecule has 0 amide bonds. The molecule has 0 atom stereocenters. The molecular formula is C14H15F2N3O3S. The largest absolute Gasteiger partial charge is 0.464 e. The Hall–Kier alpha value is -2.29. The van der Waals surface area contributed by atoms with Crippen molar-refractivity contribution in [2.24, 2.45) is 0 Å². The highest BCUT2D eigenvalue weighted by atomic mass is 32.2. The Labute approximate surface area is 132 Å². The molecule has 9 heteroatoms. The van der Waals surface area contributed by atoms with Gasteiger partial charge in [0, 0.05) is 0 Å². The van der Waals surface area contributed by atoms with Crippen molar-refractivity contribution in [3.05, 3.63) is 41.2 Å². The molecule has 1 aromatic carbocycles. The fourth-order valence-electron chi connectivity index (χ4n) is 1.86. The van der Waals surface area contributed by atoms with E-state index in [0.29, 0.717) is 24.1 Å². The third-order valence-corrected chi connectivity index (χ3v) is 4.31. The molecule has 0 saturated heterocycles. The van der Waals surface area contributed by atoms with Crippen LogP contribution < -0.4 is 9.46 Å². The summed E-state index contributed by atoms with van der Waals surface area (Å²) in [6.07, 6.45) is 0. The number of halogens is 2. The Morgan fingerprint density at radius 1 is 1.13 bits per heavy atom. The Morgan fingerprint density at radius 2 is 1.74 bits per heavy atom. The summed E-state index contributed by atoms with van der Waals surface area (Å²) in [5, 5.41) is 0. The van der Waals surface area contributed by atoms with Crippen LogP contribution in [0.4, 0.5) is 14.5 Å². The second-order valence-corrected chi connectivity index (χ2v) is 6.35. The van der Waals surface area contributed by atoms with Crippen LogP contribution in [0.25, 0.3) is 0 Å². The van der Waals surface area contributed by atoms with Crippen LogP contribution in [0.15, 0.2) is 23.1 Å². The molecule has 0 radical (unpaired) electrons. The van der Waals surface area contributed by atoms with Gasteiger partial charge >= 0.3 is 6.01 Å². The number of aromatic nitrogens is 2. The zero-order valence-electron chi connectivity index (χ0n) is 12.7. The first kappa shape index (κ1) is 17.1. The molecule has 1 heterocycles. The van der Waals surface area contributed by atoms with Gasteiger partial charge in [-0.15, -0.1) is 0 Å². The summed E-state index contributed by atoms with van der Waals surface area (Å²) in [6, 6.07) is 2.47. The minimum atomic E-state index is -4.10. The minimum Gasteiger partial charge on any atom is -0.464 e. The highest BCUT2D eigenvalue weighted by Gasteiger charge is 2.20. The smallest absolute Gasteiger partial charge is 0.316 e. The van der Waals surface area contributed by atoms with Crippen LogP contribution >= 0.6 is 0 Å². The highest BCUT2D eigenvalue weighted by Crippen LogP contribution is 2.24. The first-order valence-corrected chi connectivity index (χ1v) is 8.19. The number of benzene rings is 1. The molecule has 0 spiro atoms. The summed E-state index contributed by atoms with van der Waals surface area (Å²) in [7, 11) is -4.10. The minimum absolute atomic E-state index is 0.137. The maximum atomic E-state index is 13.2. The number of rotatable bonds is 5. The quantitative estimate of drug-likeness (QED) is 0.902. The monoisotopic (exact) mass is 343 g/mol. The van der Waals surface area contributed by atoms with E-state index in [2.05, 4.69) is 14.7 Å². The molecule has 0 aliphatic heterocycles. The van der Waals surface area contributed by atoms with E-state index < -0.39 is 26.6 Å². The Balaban J connectivity index is 2.39. The topological polar surface area (TPSA) is 81.2 Å². The van der Waals surface area contributed by atoms with Gasteiger partial charge < -0.3 is 4.74 Å². The van der Waals surface area contributed by atoms with Crippen molar-refractivity contribution in [1.29, 1.82) is 0 Å². The molecular weight excluding hydrogens is 328 g/mol. The SMILES string of the molecule is CCOc1nc(C)c(NS(=O)(=O)c2ccc(F)c(F)c2)c(C)n1. The second kappa shape index (κ2) is 6.45. The standard InChI is InChI=1S/C14H15F2N3O3S/c1-4-22-14-17-8(2)13(9(3)18-14)19-23(20,21)10-5-6-11(15)12(16)7-10/h5-7,19H,4H2,1-3H3. The fourth-order valence-corrected chi connectivity index (χ4v) is 3.05. The van der Waals surface area contributed by atoms with Crippen LogP contribution in [0, 0.1) is 25.5 Å². The number of sulfonamides is 1. The van der Waals surface area contributed by atoms with Crippen LogP contribution in [0.2, 0.25) is 0 Å². The van der Waals surface area contributed by atoms with Gasteiger partial charge in [0.05, 0.1) is 28.6 Å². The Kier molecular flexibility index (Phi) is 4.79. The molecule has 0 unspecified atom stereocenters. The summed E-state index contributed by atoms with van der Waals surface area (Å²) < 4.78 is 58.2. The lowest BCUT2D eigenvalue weighted by Crippen LogP contribution is -2.16. The maximum Gasteiger partial charge on any atom is 0.316 e. The summed E-state index contributed by atoms with van der Waals surface area (Å²) in [5.74, 6) is -2.37. The van der Waals surface area contributed by atoms with Gasteiger partial charge in [0.1, 0.15) is 0 Å². The van der Waals surface area contributed by atoms with Gasteiger partial charge in [-0.1, -0.05) is 0 Å². The summed E-state index contributed by atoms with van der Waals surface area (Å²) >= 11 is 0. The third kappa shape index (κ3) is 3.73. The number of ether oxygens (including phenoxy) is 1. The summed E-state index contributed by atoms with van der Waals surface area (Å²) in [6.45, 7) is 5.31. The Bertz CT molecular complexity index is 818. The lowest BCUT2D eigenvalue weighted by atomic mass is 10.3. The molecule has 0 saturated carbocycles. The maximum absolute atomic E-state index is 13.2. The van der Waals surface area contributed by atoms with Gasteiger partial charge in [-0.25, -0.2) is 17.2 Å². The molecule has 124 valence electrons. The average molecular weight is 343 g/mol. The van der Waals surface area contributed by atoms with Crippen LogP contribution in [0.5, 0.6) is 6.01 Å². The van der Waals surface area contributed by atoms with Gasteiger partial charge in [0.25, 0.3) is 10.0 Å². The number of aryl methyl sites for hydroxylation is 2. The van der Waals surface area contributed by atoms with E-state index in [1.165, 1.54) is 0 Å². The molecule has 6 nitrogen and oxygen atoms in total. The average Bonchev–Trinajstić information content (AvgIpc) is 2.46. The van der Waals surface area contributed by atoms with Crippen molar-refractivity contribution in [2.75, 3.05) is 11.3 Å². The van der Waals surface area contributed by atoms with Gasteiger partial charge in [-0.05, 0) is 39.0 Å². The van der Waals surface area contributed by atoms with E-state index in [1.54, 1.807) is 20.8 Å². The van der Waals surface area contributed by atoms with Gasteiger partial charge in [0.2, 0.25) is 0 Å². The third-order valence-electron chi connectivity index (χ3n) is 2.96. The molecule has 2 aromatic rings. The van der Waals surface area contributed by atoms with Crippen LogP contribution in [0.1, 0.15) is 18.3 Å². The second-order valence-electron chi connectivity index (χ2n) is 4.67.